The van der Waals surface area contributed by atoms with Crippen LogP contribution in [0.25, 0.3) is 0 Å². The molecule has 1 fully saturated rings. The highest BCUT2D eigenvalue weighted by atomic mass is 16.5. The second-order valence-corrected chi connectivity index (χ2v) is 4.13. The van der Waals surface area contributed by atoms with Crippen molar-refractivity contribution in [1.29, 1.82) is 0 Å². The van der Waals surface area contributed by atoms with E-state index in [0.29, 0.717) is 12.6 Å². The molecular formula is C10H19N5O. The number of H-pyrrole nitrogens is 1. The van der Waals surface area contributed by atoms with Crippen molar-refractivity contribution in [2.24, 2.45) is 0 Å². The van der Waals surface area contributed by atoms with Gasteiger partial charge in [-0.15, -0.1) is 5.10 Å². The highest BCUT2D eigenvalue weighted by Gasteiger charge is 2.18. The number of rotatable bonds is 4. The number of aromatic amines is 1. The van der Waals surface area contributed by atoms with Gasteiger partial charge in [-0.05, 0) is 6.92 Å². The van der Waals surface area contributed by atoms with Crippen molar-refractivity contribution in [2.75, 3.05) is 38.3 Å². The van der Waals surface area contributed by atoms with E-state index in [4.69, 9.17) is 4.74 Å². The van der Waals surface area contributed by atoms with Crippen molar-refractivity contribution in [3.8, 4) is 0 Å². The number of nitrogens with zero attached hydrogens (tertiary/aromatic N) is 3. The van der Waals surface area contributed by atoms with E-state index in [2.05, 4.69) is 32.3 Å². The van der Waals surface area contributed by atoms with Crippen LogP contribution in [0.2, 0.25) is 0 Å². The summed E-state index contributed by atoms with van der Waals surface area (Å²) in [6, 6.07) is 0.495. The van der Waals surface area contributed by atoms with E-state index >= 15 is 0 Å². The molecule has 1 aromatic heterocycles. The van der Waals surface area contributed by atoms with Crippen LogP contribution in [0, 0.1) is 0 Å². The van der Waals surface area contributed by atoms with Gasteiger partial charge in [-0.1, -0.05) is 0 Å². The molecule has 1 saturated heterocycles. The molecule has 0 unspecified atom stereocenters. The summed E-state index contributed by atoms with van der Waals surface area (Å²) in [4.78, 5) is 6.66. The summed E-state index contributed by atoms with van der Waals surface area (Å²) in [5.41, 5.74) is 0. The van der Waals surface area contributed by atoms with Gasteiger partial charge >= 0.3 is 0 Å². The Morgan fingerprint density at radius 1 is 1.56 bits per heavy atom. The third kappa shape index (κ3) is 2.70. The summed E-state index contributed by atoms with van der Waals surface area (Å²) in [6.45, 7) is 5.76. The summed E-state index contributed by atoms with van der Waals surface area (Å²) in [6.07, 6.45) is 0.783. The Hall–Kier alpha value is -1.14. The summed E-state index contributed by atoms with van der Waals surface area (Å²) < 4.78 is 5.01. The van der Waals surface area contributed by atoms with Crippen molar-refractivity contribution in [1.82, 2.24) is 20.5 Å². The standard InChI is InChI=1S/C10H19N5O/c1-8-7-15(5-4-11-8)10-12-9(13-14-10)3-6-16-2/h8,11H,3-7H2,1-2H3,(H,12,13,14)/t8-/m0/s1. The largest absolute Gasteiger partial charge is 0.384 e. The molecule has 1 aromatic rings. The summed E-state index contributed by atoms with van der Waals surface area (Å²) in [7, 11) is 1.69. The van der Waals surface area contributed by atoms with Crippen LogP contribution in [0.5, 0.6) is 0 Å². The monoisotopic (exact) mass is 225 g/mol. The first-order chi connectivity index (χ1) is 7.79. The highest BCUT2D eigenvalue weighted by Crippen LogP contribution is 2.10. The third-order valence-corrected chi connectivity index (χ3v) is 2.71. The molecule has 0 spiro atoms. The van der Waals surface area contributed by atoms with Crippen LogP contribution in [0.3, 0.4) is 0 Å². The van der Waals surface area contributed by atoms with Gasteiger partial charge in [0, 0.05) is 39.2 Å². The van der Waals surface area contributed by atoms with E-state index in [9.17, 15) is 0 Å². The van der Waals surface area contributed by atoms with Gasteiger partial charge in [-0.3, -0.25) is 5.10 Å². The Morgan fingerprint density at radius 3 is 3.19 bits per heavy atom. The Labute approximate surface area is 95.4 Å². The highest BCUT2D eigenvalue weighted by molar-refractivity contribution is 5.30. The number of anilines is 1. The molecule has 1 aliphatic rings. The Balaban J connectivity index is 1.95. The number of aromatic nitrogens is 3. The lowest BCUT2D eigenvalue weighted by Gasteiger charge is -2.30. The average Bonchev–Trinajstić information content (AvgIpc) is 2.75. The van der Waals surface area contributed by atoms with Crippen molar-refractivity contribution >= 4 is 5.95 Å². The Bertz CT molecular complexity index is 327. The predicted octanol–water partition coefficient (Wildman–Crippen LogP) is -0.208. The molecule has 6 heteroatoms. The number of hydrogen-bond donors (Lipinski definition) is 2. The quantitative estimate of drug-likeness (QED) is 0.742. The molecular weight excluding hydrogens is 206 g/mol. The Kier molecular flexibility index (Phi) is 3.74. The zero-order valence-corrected chi connectivity index (χ0v) is 9.86. The molecule has 0 aromatic carbocycles. The fourth-order valence-electron chi connectivity index (χ4n) is 1.85. The molecule has 2 rings (SSSR count). The fourth-order valence-corrected chi connectivity index (χ4v) is 1.85. The van der Waals surface area contributed by atoms with Crippen LogP contribution in [-0.4, -0.2) is 54.6 Å². The second-order valence-electron chi connectivity index (χ2n) is 4.13. The lowest BCUT2D eigenvalue weighted by molar-refractivity contribution is 0.200. The van der Waals surface area contributed by atoms with Crippen LogP contribution in [-0.2, 0) is 11.2 Å². The molecule has 1 atom stereocenters. The SMILES string of the molecule is COCCc1nc(N2CCN[C@@H](C)C2)n[nH]1. The number of nitrogens with one attached hydrogen (secondary N) is 2. The van der Waals surface area contributed by atoms with E-state index in [1.54, 1.807) is 7.11 Å². The molecule has 90 valence electrons. The first kappa shape index (κ1) is 11.3. The number of ether oxygens (including phenoxy) is 1. The van der Waals surface area contributed by atoms with Gasteiger partial charge in [0.15, 0.2) is 0 Å². The molecule has 0 radical (unpaired) electrons. The minimum absolute atomic E-state index is 0.495. The molecule has 0 aliphatic carbocycles. The van der Waals surface area contributed by atoms with Crippen LogP contribution in [0.4, 0.5) is 5.95 Å². The lowest BCUT2D eigenvalue weighted by atomic mass is 10.2. The number of hydrogen-bond acceptors (Lipinski definition) is 5. The molecule has 0 bridgehead atoms. The molecule has 2 heterocycles. The van der Waals surface area contributed by atoms with Gasteiger partial charge < -0.3 is 15.0 Å². The van der Waals surface area contributed by atoms with Gasteiger partial charge in [-0.2, -0.15) is 4.98 Å². The van der Waals surface area contributed by atoms with E-state index in [1.165, 1.54) is 0 Å². The van der Waals surface area contributed by atoms with Crippen molar-refractivity contribution < 1.29 is 4.74 Å². The number of methoxy groups -OCH3 is 1. The average molecular weight is 225 g/mol. The summed E-state index contributed by atoms with van der Waals surface area (Å²) in [5, 5.41) is 10.6. The smallest absolute Gasteiger partial charge is 0.244 e. The topological polar surface area (TPSA) is 66.1 Å². The zero-order chi connectivity index (χ0) is 11.4. The van der Waals surface area contributed by atoms with E-state index < -0.39 is 0 Å². The summed E-state index contributed by atoms with van der Waals surface area (Å²) >= 11 is 0. The van der Waals surface area contributed by atoms with Crippen molar-refractivity contribution in [2.45, 2.75) is 19.4 Å². The van der Waals surface area contributed by atoms with Crippen LogP contribution in [0.15, 0.2) is 0 Å². The maximum Gasteiger partial charge on any atom is 0.244 e. The van der Waals surface area contributed by atoms with Crippen LogP contribution in [0.1, 0.15) is 12.7 Å². The van der Waals surface area contributed by atoms with Gasteiger partial charge in [0.1, 0.15) is 5.82 Å². The van der Waals surface area contributed by atoms with E-state index in [1.807, 2.05) is 0 Å². The van der Waals surface area contributed by atoms with Gasteiger partial charge in [0.05, 0.1) is 6.61 Å². The van der Waals surface area contributed by atoms with Crippen molar-refractivity contribution in [3.05, 3.63) is 5.82 Å². The predicted molar refractivity (Wildman–Crippen MR) is 61.6 cm³/mol. The maximum atomic E-state index is 5.01. The van der Waals surface area contributed by atoms with Gasteiger partial charge in [0.25, 0.3) is 0 Å². The van der Waals surface area contributed by atoms with E-state index in [-0.39, 0.29) is 0 Å². The van der Waals surface area contributed by atoms with Gasteiger partial charge in [-0.25, -0.2) is 0 Å². The zero-order valence-electron chi connectivity index (χ0n) is 9.86. The lowest BCUT2D eigenvalue weighted by Crippen LogP contribution is -2.49. The van der Waals surface area contributed by atoms with E-state index in [0.717, 1.165) is 37.8 Å². The molecule has 16 heavy (non-hydrogen) atoms. The molecule has 2 N–H and O–H groups in total. The van der Waals surface area contributed by atoms with Crippen molar-refractivity contribution in [3.63, 3.8) is 0 Å². The molecule has 1 aliphatic heterocycles. The minimum atomic E-state index is 0.495. The Morgan fingerprint density at radius 2 is 2.44 bits per heavy atom. The maximum absolute atomic E-state index is 5.01. The number of piperazine rings is 1. The first-order valence-electron chi connectivity index (χ1n) is 5.68. The second kappa shape index (κ2) is 5.27. The van der Waals surface area contributed by atoms with Crippen LogP contribution < -0.4 is 10.2 Å². The molecule has 6 nitrogen and oxygen atoms in total. The summed E-state index contributed by atoms with van der Waals surface area (Å²) in [5.74, 6) is 1.70. The first-order valence-corrected chi connectivity index (χ1v) is 5.68. The fraction of sp³-hybridized carbons (Fsp3) is 0.800. The van der Waals surface area contributed by atoms with Gasteiger partial charge in [0.2, 0.25) is 5.95 Å². The third-order valence-electron chi connectivity index (χ3n) is 2.71. The molecule has 0 saturated carbocycles. The molecule has 0 amide bonds. The minimum Gasteiger partial charge on any atom is -0.384 e. The van der Waals surface area contributed by atoms with Crippen LogP contribution >= 0.6 is 0 Å². The normalized spacial score (nSPS) is 21.4.